The van der Waals surface area contributed by atoms with E-state index in [1.54, 1.807) is 24.3 Å². The lowest BCUT2D eigenvalue weighted by atomic mass is 10.2. The van der Waals surface area contributed by atoms with Crippen molar-refractivity contribution >= 4 is 7.32 Å². The quantitative estimate of drug-likeness (QED) is 0.710. The lowest BCUT2D eigenvalue weighted by Gasteiger charge is -2.10. The van der Waals surface area contributed by atoms with Gasteiger partial charge in [-0.3, -0.25) is 0 Å². The van der Waals surface area contributed by atoms with Crippen LogP contribution < -0.4 is 15.0 Å². The predicted molar refractivity (Wildman–Crippen MR) is 78.3 cm³/mol. The molecule has 0 saturated carbocycles. The van der Waals surface area contributed by atoms with Crippen LogP contribution in [0.3, 0.4) is 0 Å². The van der Waals surface area contributed by atoms with Gasteiger partial charge in [0.05, 0.1) is 6.61 Å². The second-order valence-electron chi connectivity index (χ2n) is 3.68. The lowest BCUT2D eigenvalue weighted by molar-refractivity contribution is 0.298. The second kappa shape index (κ2) is 9.86. The molecular formula is C14H18BNO4. The van der Waals surface area contributed by atoms with E-state index in [0.717, 1.165) is 0 Å². The maximum absolute atomic E-state index is 9.51. The minimum Gasteiger partial charge on any atom is -0.501 e. The monoisotopic (exact) mass is 275 g/mol. The largest absolute Gasteiger partial charge is 0.785 e. The van der Waals surface area contributed by atoms with Gasteiger partial charge < -0.3 is 25.2 Å². The Morgan fingerprint density at radius 3 is 1.50 bits per heavy atom. The van der Waals surface area contributed by atoms with Crippen LogP contribution in [0.15, 0.2) is 60.7 Å². The summed E-state index contributed by atoms with van der Waals surface area (Å²) < 4.78 is 10.3. The number of benzene rings is 2. The van der Waals surface area contributed by atoms with Crippen molar-refractivity contribution in [2.75, 3.05) is 13.2 Å². The Hall–Kier alpha value is -2.02. The topological polar surface area (TPSA) is 84.9 Å². The van der Waals surface area contributed by atoms with Gasteiger partial charge in [0.2, 0.25) is 0 Å². The highest BCUT2D eigenvalue weighted by Crippen LogP contribution is 2.12. The molecule has 6 heteroatoms. The molecular weight excluding hydrogens is 257 g/mol. The van der Waals surface area contributed by atoms with E-state index < -0.39 is 7.32 Å². The Bertz CT molecular complexity index is 412. The van der Waals surface area contributed by atoms with E-state index in [1.165, 1.54) is 0 Å². The van der Waals surface area contributed by atoms with Gasteiger partial charge in [-0.2, -0.15) is 0 Å². The molecule has 0 amide bonds. The summed E-state index contributed by atoms with van der Waals surface area (Å²) >= 11 is 0. The van der Waals surface area contributed by atoms with Crippen molar-refractivity contribution in [3.63, 3.8) is 0 Å². The van der Waals surface area contributed by atoms with E-state index in [0.29, 0.717) is 18.0 Å². The first kappa shape index (κ1) is 16.0. The van der Waals surface area contributed by atoms with Gasteiger partial charge >= 0.3 is 7.32 Å². The molecule has 5 nitrogen and oxygen atoms in total. The van der Waals surface area contributed by atoms with Crippen LogP contribution in [0.4, 0.5) is 0 Å². The molecule has 0 unspecified atom stereocenters. The third-order valence-corrected chi connectivity index (χ3v) is 2.09. The first-order valence-corrected chi connectivity index (χ1v) is 6.18. The zero-order chi connectivity index (χ0) is 14.6. The van der Waals surface area contributed by atoms with E-state index in [9.17, 15) is 5.02 Å². The van der Waals surface area contributed by atoms with Crippen LogP contribution in [-0.4, -0.2) is 30.6 Å². The summed E-state index contributed by atoms with van der Waals surface area (Å²) in [5, 5.41) is 17.3. The van der Waals surface area contributed by atoms with E-state index in [2.05, 4.69) is 0 Å². The van der Waals surface area contributed by atoms with E-state index >= 15 is 0 Å². The van der Waals surface area contributed by atoms with Crippen LogP contribution in [0.2, 0.25) is 0 Å². The van der Waals surface area contributed by atoms with Crippen LogP contribution in [0.1, 0.15) is 0 Å². The summed E-state index contributed by atoms with van der Waals surface area (Å²) in [6, 6.07) is 18.0. The van der Waals surface area contributed by atoms with Gasteiger partial charge in [-0.05, 0) is 24.3 Å². The van der Waals surface area contributed by atoms with E-state index in [4.69, 9.17) is 20.1 Å². The van der Waals surface area contributed by atoms with Crippen LogP contribution in [0.5, 0.6) is 11.5 Å². The third kappa shape index (κ3) is 6.79. The Kier molecular flexibility index (Phi) is 7.90. The molecule has 106 valence electrons. The molecule has 0 aliphatic heterocycles. The standard InChI is InChI=1S/C12H11BO3.C2H7NO/c14-13(15-11-7-3-1-4-8-11)16-12-9-5-2-6-10-12;3-1-2-4/h1-10,14H;4H,1-3H2. The average Bonchev–Trinajstić information content (AvgIpc) is 2.49. The molecule has 0 aliphatic carbocycles. The average molecular weight is 275 g/mol. The molecule has 2 aromatic carbocycles. The minimum absolute atomic E-state index is 0.0972. The Balaban J connectivity index is 0.000000444. The Morgan fingerprint density at radius 2 is 1.20 bits per heavy atom. The number of hydrogen-bond donors (Lipinski definition) is 3. The van der Waals surface area contributed by atoms with Crippen molar-refractivity contribution in [1.29, 1.82) is 0 Å². The molecule has 0 atom stereocenters. The van der Waals surface area contributed by atoms with E-state index in [-0.39, 0.29) is 6.61 Å². The number of hydrogen-bond acceptors (Lipinski definition) is 5. The van der Waals surface area contributed by atoms with E-state index in [1.807, 2.05) is 36.4 Å². The van der Waals surface area contributed by atoms with Crippen molar-refractivity contribution < 1.29 is 19.4 Å². The van der Waals surface area contributed by atoms with Gasteiger partial charge in [-0.15, -0.1) is 0 Å². The van der Waals surface area contributed by atoms with Crippen molar-refractivity contribution in [2.24, 2.45) is 5.73 Å². The number of aliphatic hydroxyl groups is 1. The molecule has 0 radical (unpaired) electrons. The van der Waals surface area contributed by atoms with Crippen LogP contribution in [-0.2, 0) is 0 Å². The van der Waals surface area contributed by atoms with Crippen molar-refractivity contribution in [1.82, 2.24) is 0 Å². The molecule has 0 spiro atoms. The van der Waals surface area contributed by atoms with Crippen molar-refractivity contribution in [3.8, 4) is 11.5 Å². The van der Waals surface area contributed by atoms with Gasteiger partial charge in [-0.1, -0.05) is 36.4 Å². The third-order valence-electron chi connectivity index (χ3n) is 2.09. The molecule has 0 aliphatic rings. The maximum atomic E-state index is 9.51. The van der Waals surface area contributed by atoms with Gasteiger partial charge in [0.1, 0.15) is 11.5 Å². The fraction of sp³-hybridized carbons (Fsp3) is 0.143. The zero-order valence-corrected chi connectivity index (χ0v) is 11.1. The SMILES string of the molecule is NCCO.OB(Oc1ccccc1)Oc1ccccc1. The summed E-state index contributed by atoms with van der Waals surface area (Å²) in [5.74, 6) is 1.12. The summed E-state index contributed by atoms with van der Waals surface area (Å²) in [6.45, 7) is 0.472. The van der Waals surface area contributed by atoms with Gasteiger partial charge in [-0.25, -0.2) is 0 Å². The molecule has 0 heterocycles. The highest BCUT2D eigenvalue weighted by Gasteiger charge is 2.20. The number of aliphatic hydroxyl groups excluding tert-OH is 1. The molecule has 0 saturated heterocycles. The van der Waals surface area contributed by atoms with Crippen LogP contribution in [0.25, 0.3) is 0 Å². The molecule has 0 aromatic heterocycles. The van der Waals surface area contributed by atoms with Crippen LogP contribution >= 0.6 is 0 Å². The molecule has 4 N–H and O–H groups in total. The minimum atomic E-state index is -1.30. The fourth-order valence-electron chi connectivity index (χ4n) is 1.26. The molecule has 20 heavy (non-hydrogen) atoms. The first-order valence-electron chi connectivity index (χ1n) is 6.18. The normalized spacial score (nSPS) is 9.15. The molecule has 2 rings (SSSR count). The summed E-state index contributed by atoms with van der Waals surface area (Å²) in [5.41, 5.74) is 4.78. The van der Waals surface area contributed by atoms with Crippen molar-refractivity contribution in [3.05, 3.63) is 60.7 Å². The lowest BCUT2D eigenvalue weighted by Crippen LogP contribution is -2.29. The number of rotatable bonds is 5. The number of para-hydroxylation sites is 2. The molecule has 2 aromatic rings. The summed E-state index contributed by atoms with van der Waals surface area (Å²) in [4.78, 5) is 0. The van der Waals surface area contributed by atoms with Gasteiger partial charge in [0, 0.05) is 6.54 Å². The highest BCUT2D eigenvalue weighted by molar-refractivity contribution is 6.36. The van der Waals surface area contributed by atoms with Gasteiger partial charge in [0.15, 0.2) is 0 Å². The zero-order valence-electron chi connectivity index (χ0n) is 11.1. The second-order valence-corrected chi connectivity index (χ2v) is 3.68. The Morgan fingerprint density at radius 1 is 0.850 bits per heavy atom. The molecule has 0 bridgehead atoms. The fourth-order valence-corrected chi connectivity index (χ4v) is 1.26. The van der Waals surface area contributed by atoms with Crippen molar-refractivity contribution in [2.45, 2.75) is 0 Å². The maximum Gasteiger partial charge on any atom is 0.785 e. The first-order chi connectivity index (χ1) is 9.76. The van der Waals surface area contributed by atoms with Gasteiger partial charge in [0.25, 0.3) is 0 Å². The summed E-state index contributed by atoms with van der Waals surface area (Å²) in [7, 11) is -1.30. The van der Waals surface area contributed by atoms with Crippen LogP contribution in [0, 0.1) is 0 Å². The predicted octanol–water partition coefficient (Wildman–Crippen LogP) is 1.06. The molecule has 0 fully saturated rings. The summed E-state index contributed by atoms with van der Waals surface area (Å²) in [6.07, 6.45) is 0. The smallest absolute Gasteiger partial charge is 0.501 e. The number of nitrogens with two attached hydrogens (primary N) is 1. The Labute approximate surface area is 118 Å². The highest BCUT2D eigenvalue weighted by atomic mass is 16.7.